The molecule has 0 saturated heterocycles. The van der Waals surface area contributed by atoms with E-state index in [-0.39, 0.29) is 10.9 Å². The number of sulfonamides is 1. The van der Waals surface area contributed by atoms with Gasteiger partial charge < -0.3 is 10.5 Å². The van der Waals surface area contributed by atoms with Crippen molar-refractivity contribution in [3.8, 4) is 5.75 Å². The van der Waals surface area contributed by atoms with Crippen LogP contribution in [0, 0.1) is 6.92 Å². The third-order valence-electron chi connectivity index (χ3n) is 2.77. The van der Waals surface area contributed by atoms with Gasteiger partial charge in [0.2, 0.25) is 10.0 Å². The van der Waals surface area contributed by atoms with Gasteiger partial charge in [0.25, 0.3) is 0 Å². The fourth-order valence-electron chi connectivity index (χ4n) is 1.70. The molecule has 0 spiro atoms. The minimum atomic E-state index is -3.64. The number of hydrogen-bond donors (Lipinski definition) is 2. The van der Waals surface area contributed by atoms with Crippen LogP contribution in [0.3, 0.4) is 0 Å². The number of ether oxygens (including phenoxy) is 1. The number of rotatable bonds is 7. The predicted molar refractivity (Wildman–Crippen MR) is 84.9 cm³/mol. The molecule has 0 bridgehead atoms. The van der Waals surface area contributed by atoms with Crippen molar-refractivity contribution >= 4 is 27.5 Å². The summed E-state index contributed by atoms with van der Waals surface area (Å²) < 4.78 is 32.6. The highest BCUT2D eigenvalue weighted by atomic mass is 32.2. The van der Waals surface area contributed by atoms with Crippen LogP contribution in [0.15, 0.2) is 17.0 Å². The van der Waals surface area contributed by atoms with Crippen molar-refractivity contribution in [3.05, 3.63) is 17.7 Å². The number of benzene rings is 1. The maximum absolute atomic E-state index is 12.4. The van der Waals surface area contributed by atoms with Crippen molar-refractivity contribution < 1.29 is 13.2 Å². The minimum Gasteiger partial charge on any atom is -0.495 e. The van der Waals surface area contributed by atoms with Gasteiger partial charge in [-0.15, -0.1) is 0 Å². The monoisotopic (exact) mass is 318 g/mol. The zero-order valence-electron chi connectivity index (χ0n) is 12.3. The van der Waals surface area contributed by atoms with Gasteiger partial charge in [-0.1, -0.05) is 6.92 Å². The molecule has 1 rings (SSSR count). The molecule has 0 fully saturated rings. The van der Waals surface area contributed by atoms with Crippen molar-refractivity contribution in [2.75, 3.05) is 24.3 Å². The van der Waals surface area contributed by atoms with E-state index in [2.05, 4.69) is 4.72 Å². The van der Waals surface area contributed by atoms with Crippen LogP contribution in [0.1, 0.15) is 19.4 Å². The van der Waals surface area contributed by atoms with E-state index in [0.29, 0.717) is 11.4 Å². The van der Waals surface area contributed by atoms with Gasteiger partial charge in [-0.25, -0.2) is 13.1 Å². The molecule has 0 amide bonds. The first-order valence-corrected chi connectivity index (χ1v) is 8.99. The lowest BCUT2D eigenvalue weighted by Crippen LogP contribution is -2.34. The van der Waals surface area contributed by atoms with E-state index < -0.39 is 10.0 Å². The first-order chi connectivity index (χ1) is 9.31. The Bertz CT molecular complexity index is 559. The zero-order valence-corrected chi connectivity index (χ0v) is 13.9. The Morgan fingerprint density at radius 1 is 1.45 bits per heavy atom. The second-order valence-corrected chi connectivity index (χ2v) is 7.54. The standard InChI is InChI=1S/C13H22N2O3S2/c1-5-19-8-10(3)15-20(16,17)13-7-11(14)9(2)6-12(13)18-4/h6-7,10,15H,5,8,14H2,1-4H3. The van der Waals surface area contributed by atoms with Crippen LogP contribution < -0.4 is 15.2 Å². The fraction of sp³-hybridized carbons (Fsp3) is 0.538. The molecule has 0 aromatic heterocycles. The lowest BCUT2D eigenvalue weighted by atomic mass is 10.2. The van der Waals surface area contributed by atoms with Gasteiger partial charge in [-0.05, 0) is 37.3 Å². The molecule has 114 valence electrons. The van der Waals surface area contributed by atoms with Crippen molar-refractivity contribution in [2.45, 2.75) is 31.7 Å². The topological polar surface area (TPSA) is 81.4 Å². The first-order valence-electron chi connectivity index (χ1n) is 6.36. The summed E-state index contributed by atoms with van der Waals surface area (Å²) in [6.07, 6.45) is 0. The number of anilines is 1. The maximum atomic E-state index is 12.4. The molecule has 1 aromatic rings. The zero-order chi connectivity index (χ0) is 15.3. The van der Waals surface area contributed by atoms with Gasteiger partial charge in [0, 0.05) is 17.5 Å². The highest BCUT2D eigenvalue weighted by Crippen LogP contribution is 2.28. The molecule has 3 N–H and O–H groups in total. The number of nitrogens with two attached hydrogens (primary N) is 1. The molecule has 1 atom stereocenters. The summed E-state index contributed by atoms with van der Waals surface area (Å²) in [7, 11) is -2.20. The predicted octanol–water partition coefficient (Wildman–Crippen LogP) is 2.01. The van der Waals surface area contributed by atoms with Crippen LogP contribution in [-0.2, 0) is 10.0 Å². The molecule has 0 saturated carbocycles. The summed E-state index contributed by atoms with van der Waals surface area (Å²) in [5.41, 5.74) is 7.02. The Hall–Kier alpha value is -0.920. The summed E-state index contributed by atoms with van der Waals surface area (Å²) in [5, 5.41) is 0. The van der Waals surface area contributed by atoms with Crippen LogP contribution in [0.2, 0.25) is 0 Å². The average Bonchev–Trinajstić information content (AvgIpc) is 2.38. The van der Waals surface area contributed by atoms with Gasteiger partial charge in [-0.3, -0.25) is 0 Å². The molecule has 0 aliphatic rings. The summed E-state index contributed by atoms with van der Waals surface area (Å²) >= 11 is 1.68. The summed E-state index contributed by atoms with van der Waals surface area (Å²) in [6, 6.07) is 2.92. The molecule has 0 aliphatic carbocycles. The quantitative estimate of drug-likeness (QED) is 0.752. The normalized spacial score (nSPS) is 13.2. The van der Waals surface area contributed by atoms with Crippen LogP contribution >= 0.6 is 11.8 Å². The minimum absolute atomic E-state index is 0.0800. The smallest absolute Gasteiger partial charge is 0.244 e. The Labute approximate surface area is 125 Å². The number of methoxy groups -OCH3 is 1. The Balaban J connectivity index is 3.06. The van der Waals surface area contributed by atoms with Crippen LogP contribution in [-0.4, -0.2) is 33.1 Å². The van der Waals surface area contributed by atoms with Gasteiger partial charge in [0.05, 0.1) is 7.11 Å². The third kappa shape index (κ3) is 4.29. The van der Waals surface area contributed by atoms with E-state index in [4.69, 9.17) is 10.5 Å². The molecule has 0 aliphatic heterocycles. The van der Waals surface area contributed by atoms with Gasteiger partial charge in [0.15, 0.2) is 0 Å². The van der Waals surface area contributed by atoms with E-state index in [1.807, 2.05) is 20.8 Å². The molecule has 5 nitrogen and oxygen atoms in total. The Morgan fingerprint density at radius 3 is 2.65 bits per heavy atom. The number of nitrogens with one attached hydrogen (secondary N) is 1. The number of thioether (sulfide) groups is 1. The maximum Gasteiger partial charge on any atom is 0.244 e. The Kier molecular flexibility index (Phi) is 6.16. The van der Waals surface area contributed by atoms with Crippen molar-refractivity contribution in [1.29, 1.82) is 0 Å². The average molecular weight is 318 g/mol. The number of hydrogen-bond acceptors (Lipinski definition) is 5. The third-order valence-corrected chi connectivity index (χ3v) is 5.52. The molecule has 0 radical (unpaired) electrons. The van der Waals surface area contributed by atoms with Crippen LogP contribution in [0.4, 0.5) is 5.69 Å². The van der Waals surface area contributed by atoms with E-state index >= 15 is 0 Å². The summed E-state index contributed by atoms with van der Waals surface area (Å²) in [4.78, 5) is 0.0800. The van der Waals surface area contributed by atoms with Crippen molar-refractivity contribution in [1.82, 2.24) is 4.72 Å². The number of nitrogen functional groups attached to an aromatic ring is 1. The van der Waals surface area contributed by atoms with Gasteiger partial charge >= 0.3 is 0 Å². The molecule has 7 heteroatoms. The molecular formula is C13H22N2O3S2. The molecule has 1 unspecified atom stereocenters. The van der Waals surface area contributed by atoms with Crippen LogP contribution in [0.5, 0.6) is 5.75 Å². The van der Waals surface area contributed by atoms with E-state index in [0.717, 1.165) is 17.1 Å². The van der Waals surface area contributed by atoms with Crippen molar-refractivity contribution in [3.63, 3.8) is 0 Å². The lowest BCUT2D eigenvalue weighted by molar-refractivity contribution is 0.402. The molecule has 1 aromatic carbocycles. The van der Waals surface area contributed by atoms with E-state index in [9.17, 15) is 8.42 Å². The largest absolute Gasteiger partial charge is 0.495 e. The van der Waals surface area contributed by atoms with E-state index in [1.165, 1.54) is 13.2 Å². The second kappa shape index (κ2) is 7.19. The van der Waals surface area contributed by atoms with Gasteiger partial charge in [-0.2, -0.15) is 11.8 Å². The molecule has 20 heavy (non-hydrogen) atoms. The fourth-order valence-corrected chi connectivity index (χ4v) is 3.91. The Morgan fingerprint density at radius 2 is 2.10 bits per heavy atom. The second-order valence-electron chi connectivity index (χ2n) is 4.54. The first kappa shape index (κ1) is 17.1. The molecular weight excluding hydrogens is 296 g/mol. The highest BCUT2D eigenvalue weighted by Gasteiger charge is 2.22. The van der Waals surface area contributed by atoms with Crippen molar-refractivity contribution in [2.24, 2.45) is 0 Å². The summed E-state index contributed by atoms with van der Waals surface area (Å²) in [6.45, 7) is 5.68. The number of aryl methyl sites for hydroxylation is 1. The van der Waals surface area contributed by atoms with Gasteiger partial charge in [0.1, 0.15) is 10.6 Å². The molecule has 0 heterocycles. The lowest BCUT2D eigenvalue weighted by Gasteiger charge is -2.16. The summed E-state index contributed by atoms with van der Waals surface area (Å²) in [5.74, 6) is 1.98. The van der Waals surface area contributed by atoms with E-state index in [1.54, 1.807) is 17.8 Å². The highest BCUT2D eigenvalue weighted by molar-refractivity contribution is 7.99. The SMILES string of the molecule is CCSCC(C)NS(=O)(=O)c1cc(N)c(C)cc1OC. The van der Waals surface area contributed by atoms with Crippen LogP contribution in [0.25, 0.3) is 0 Å².